The molecule has 0 radical (unpaired) electrons. The average molecular weight is 277 g/mol. The van der Waals surface area contributed by atoms with Crippen LogP contribution in [0.15, 0.2) is 18.2 Å². The van der Waals surface area contributed by atoms with Crippen LogP contribution in [0.2, 0.25) is 0 Å². The van der Waals surface area contributed by atoms with Gasteiger partial charge in [-0.1, -0.05) is 19.4 Å². The molecule has 0 saturated heterocycles. The van der Waals surface area contributed by atoms with E-state index in [1.54, 1.807) is 4.90 Å². The van der Waals surface area contributed by atoms with Crippen molar-refractivity contribution in [3.8, 4) is 0 Å². The van der Waals surface area contributed by atoms with Crippen molar-refractivity contribution in [2.45, 2.75) is 52.6 Å². The number of rotatable bonds is 7. The van der Waals surface area contributed by atoms with Gasteiger partial charge in [0.1, 0.15) is 0 Å². The molecular weight excluding hydrogens is 250 g/mol. The molecule has 0 aromatic carbocycles. The van der Waals surface area contributed by atoms with Gasteiger partial charge < -0.3 is 10.6 Å². The quantitative estimate of drug-likeness (QED) is 0.833. The van der Waals surface area contributed by atoms with Crippen molar-refractivity contribution >= 4 is 5.91 Å². The summed E-state index contributed by atoms with van der Waals surface area (Å²) in [5.41, 5.74) is 7.64. The van der Waals surface area contributed by atoms with Crippen LogP contribution in [0.1, 0.15) is 44.5 Å². The molecule has 0 spiro atoms. The third kappa shape index (κ3) is 5.70. The van der Waals surface area contributed by atoms with Crippen LogP contribution in [-0.2, 0) is 11.3 Å². The van der Waals surface area contributed by atoms with E-state index in [9.17, 15) is 4.79 Å². The van der Waals surface area contributed by atoms with Crippen LogP contribution in [0.3, 0.4) is 0 Å². The first-order chi connectivity index (χ1) is 9.40. The van der Waals surface area contributed by atoms with Gasteiger partial charge in [0.05, 0.1) is 12.2 Å². The van der Waals surface area contributed by atoms with E-state index in [0.29, 0.717) is 6.54 Å². The Morgan fingerprint density at radius 2 is 2.05 bits per heavy atom. The first-order valence-corrected chi connectivity index (χ1v) is 7.33. The van der Waals surface area contributed by atoms with E-state index in [-0.39, 0.29) is 17.9 Å². The Labute approximate surface area is 122 Å². The number of nitrogens with two attached hydrogens (primary N) is 1. The van der Waals surface area contributed by atoms with E-state index in [4.69, 9.17) is 5.73 Å². The van der Waals surface area contributed by atoms with Crippen molar-refractivity contribution in [1.82, 2.24) is 9.88 Å². The van der Waals surface area contributed by atoms with E-state index < -0.39 is 0 Å². The lowest BCUT2D eigenvalue weighted by Gasteiger charge is -2.21. The highest BCUT2D eigenvalue weighted by molar-refractivity contribution is 5.78. The number of hydrogen-bond acceptors (Lipinski definition) is 3. The Hall–Kier alpha value is -1.42. The molecule has 1 amide bonds. The lowest BCUT2D eigenvalue weighted by atomic mass is 10.0. The van der Waals surface area contributed by atoms with E-state index in [0.717, 1.165) is 30.7 Å². The van der Waals surface area contributed by atoms with Gasteiger partial charge in [0, 0.05) is 24.7 Å². The Morgan fingerprint density at radius 1 is 1.35 bits per heavy atom. The van der Waals surface area contributed by atoms with Gasteiger partial charge in [0.25, 0.3) is 0 Å². The van der Waals surface area contributed by atoms with Crippen molar-refractivity contribution < 1.29 is 4.79 Å². The number of aromatic nitrogens is 1. The predicted molar refractivity (Wildman–Crippen MR) is 82.1 cm³/mol. The zero-order chi connectivity index (χ0) is 15.1. The van der Waals surface area contributed by atoms with Crippen LogP contribution in [0.4, 0.5) is 0 Å². The summed E-state index contributed by atoms with van der Waals surface area (Å²) in [6, 6.07) is 6.10. The second-order valence-corrected chi connectivity index (χ2v) is 5.77. The monoisotopic (exact) mass is 277 g/mol. The van der Waals surface area contributed by atoms with Crippen molar-refractivity contribution in [3.63, 3.8) is 0 Å². The summed E-state index contributed by atoms with van der Waals surface area (Å²) in [6.07, 6.45) is 2.87. The second kappa shape index (κ2) is 8.00. The first-order valence-electron chi connectivity index (χ1n) is 7.33. The molecule has 112 valence electrons. The first kappa shape index (κ1) is 16.6. The number of aryl methyl sites for hydroxylation is 1. The lowest BCUT2D eigenvalue weighted by Crippen LogP contribution is -2.31. The second-order valence-electron chi connectivity index (χ2n) is 5.77. The zero-order valence-electron chi connectivity index (χ0n) is 13.1. The maximum atomic E-state index is 12.3. The van der Waals surface area contributed by atoms with Gasteiger partial charge in [-0.2, -0.15) is 0 Å². The van der Waals surface area contributed by atoms with Crippen molar-refractivity contribution in [2.75, 3.05) is 7.05 Å². The van der Waals surface area contributed by atoms with Gasteiger partial charge >= 0.3 is 0 Å². The summed E-state index contributed by atoms with van der Waals surface area (Å²) in [5, 5.41) is 0. The molecule has 20 heavy (non-hydrogen) atoms. The number of carbonyl (C=O) groups excluding carboxylic acids is 1. The van der Waals surface area contributed by atoms with Gasteiger partial charge in [0.15, 0.2) is 0 Å². The molecule has 0 aliphatic rings. The molecule has 1 aromatic rings. The Kier molecular flexibility index (Phi) is 6.65. The topological polar surface area (TPSA) is 59.2 Å². The smallest absolute Gasteiger partial charge is 0.225 e. The molecule has 0 bridgehead atoms. The minimum absolute atomic E-state index is 0.0450. The van der Waals surface area contributed by atoms with Gasteiger partial charge in [-0.25, -0.2) is 0 Å². The molecule has 0 aliphatic heterocycles. The predicted octanol–water partition coefficient (Wildman–Crippen LogP) is 2.50. The fourth-order valence-electron chi connectivity index (χ4n) is 2.25. The molecule has 0 aliphatic carbocycles. The van der Waals surface area contributed by atoms with Crippen LogP contribution >= 0.6 is 0 Å². The maximum absolute atomic E-state index is 12.3. The van der Waals surface area contributed by atoms with Gasteiger partial charge in [-0.05, 0) is 38.8 Å². The highest BCUT2D eigenvalue weighted by Gasteiger charge is 2.17. The highest BCUT2D eigenvalue weighted by atomic mass is 16.2. The minimum Gasteiger partial charge on any atom is -0.340 e. The maximum Gasteiger partial charge on any atom is 0.225 e. The zero-order valence-corrected chi connectivity index (χ0v) is 13.1. The van der Waals surface area contributed by atoms with Crippen molar-refractivity contribution in [2.24, 2.45) is 11.7 Å². The summed E-state index contributed by atoms with van der Waals surface area (Å²) in [5.74, 6) is 0.224. The van der Waals surface area contributed by atoms with E-state index in [1.165, 1.54) is 0 Å². The van der Waals surface area contributed by atoms with E-state index in [1.807, 2.05) is 46.0 Å². The largest absolute Gasteiger partial charge is 0.340 e. The molecule has 2 atom stereocenters. The molecule has 2 N–H and O–H groups in total. The third-order valence-electron chi connectivity index (χ3n) is 3.44. The molecule has 2 unspecified atom stereocenters. The number of carbonyl (C=O) groups is 1. The summed E-state index contributed by atoms with van der Waals surface area (Å²) >= 11 is 0. The van der Waals surface area contributed by atoms with Crippen LogP contribution in [0.25, 0.3) is 0 Å². The molecule has 1 heterocycles. The molecule has 1 rings (SSSR count). The number of nitrogens with zero attached hydrogens (tertiary/aromatic N) is 2. The number of amides is 1. The van der Waals surface area contributed by atoms with Crippen molar-refractivity contribution in [1.29, 1.82) is 0 Å². The molecular formula is C16H27N3O. The van der Waals surface area contributed by atoms with Crippen LogP contribution in [0.5, 0.6) is 0 Å². The van der Waals surface area contributed by atoms with Crippen LogP contribution in [0, 0.1) is 12.8 Å². The van der Waals surface area contributed by atoms with Crippen molar-refractivity contribution in [3.05, 3.63) is 29.6 Å². The number of hydrogen-bond donors (Lipinski definition) is 1. The van der Waals surface area contributed by atoms with Crippen LogP contribution < -0.4 is 5.73 Å². The minimum atomic E-state index is 0.0450. The summed E-state index contributed by atoms with van der Waals surface area (Å²) in [4.78, 5) is 18.5. The summed E-state index contributed by atoms with van der Waals surface area (Å²) in [6.45, 7) is 6.52. The highest BCUT2D eigenvalue weighted by Crippen LogP contribution is 2.13. The molecule has 4 nitrogen and oxygen atoms in total. The Bertz CT molecular complexity index is 431. The molecule has 4 heteroatoms. The van der Waals surface area contributed by atoms with Gasteiger partial charge in [0.2, 0.25) is 5.91 Å². The standard InChI is InChI=1S/C16H27N3O/c1-12(7-5-8-13(2)17)16(20)19(4)11-15-10-6-9-14(3)18-15/h6,9-10,12-13H,5,7-8,11,17H2,1-4H3. The van der Waals surface area contributed by atoms with Gasteiger partial charge in [-0.3, -0.25) is 9.78 Å². The SMILES string of the molecule is Cc1cccc(CN(C)C(=O)C(C)CCCC(C)N)n1. The summed E-state index contributed by atoms with van der Waals surface area (Å²) in [7, 11) is 1.84. The number of pyridine rings is 1. The Balaban J connectivity index is 2.45. The molecule has 0 fully saturated rings. The van der Waals surface area contributed by atoms with E-state index >= 15 is 0 Å². The normalized spacial score (nSPS) is 13.8. The van der Waals surface area contributed by atoms with Crippen LogP contribution in [-0.4, -0.2) is 28.9 Å². The average Bonchev–Trinajstić information content (AvgIpc) is 2.37. The molecule has 0 saturated carbocycles. The fourth-order valence-corrected chi connectivity index (χ4v) is 2.25. The molecule has 1 aromatic heterocycles. The lowest BCUT2D eigenvalue weighted by molar-refractivity contribution is -0.134. The van der Waals surface area contributed by atoms with E-state index in [2.05, 4.69) is 4.98 Å². The summed E-state index contributed by atoms with van der Waals surface area (Å²) < 4.78 is 0. The fraction of sp³-hybridized carbons (Fsp3) is 0.625. The van der Waals surface area contributed by atoms with Gasteiger partial charge in [-0.15, -0.1) is 0 Å². The third-order valence-corrected chi connectivity index (χ3v) is 3.44. The Morgan fingerprint density at radius 3 is 2.65 bits per heavy atom.